The molecular formula is C27H35N7O5. The molecule has 12 nitrogen and oxygen atoms in total. The second-order valence-corrected chi connectivity index (χ2v) is 9.87. The number of hydrogen-bond acceptors (Lipinski definition) is 8. The highest BCUT2D eigenvalue weighted by molar-refractivity contribution is 5.99. The number of urea groups is 1. The van der Waals surface area contributed by atoms with Gasteiger partial charge in [0.25, 0.3) is 11.8 Å². The van der Waals surface area contributed by atoms with Crippen LogP contribution in [0.1, 0.15) is 33.6 Å². The summed E-state index contributed by atoms with van der Waals surface area (Å²) in [6.45, 7) is 5.93. The van der Waals surface area contributed by atoms with Gasteiger partial charge in [-0.15, -0.1) is 0 Å². The maximum atomic E-state index is 12.8. The third kappa shape index (κ3) is 6.58. The highest BCUT2D eigenvalue weighted by atomic mass is 16.5. The predicted octanol–water partition coefficient (Wildman–Crippen LogP) is 1.41. The number of benzene rings is 1. The van der Waals surface area contributed by atoms with Gasteiger partial charge >= 0.3 is 6.03 Å². The molecule has 0 bridgehead atoms. The second kappa shape index (κ2) is 12.3. The minimum atomic E-state index is -0.593. The van der Waals surface area contributed by atoms with Gasteiger partial charge in [-0.25, -0.2) is 9.78 Å². The highest BCUT2D eigenvalue weighted by Crippen LogP contribution is 2.25. The molecule has 208 valence electrons. The number of carbonyl (C=O) groups excluding carboxylic acids is 3. The smallest absolute Gasteiger partial charge is 0.317 e. The highest BCUT2D eigenvalue weighted by Gasteiger charge is 2.26. The summed E-state index contributed by atoms with van der Waals surface area (Å²) in [5.74, 6) is 0.395. The molecule has 3 aliphatic heterocycles. The van der Waals surface area contributed by atoms with Gasteiger partial charge in [0.15, 0.2) is 0 Å². The lowest BCUT2D eigenvalue weighted by molar-refractivity contribution is 0.0303. The van der Waals surface area contributed by atoms with E-state index in [0.29, 0.717) is 82.0 Å². The first kappa shape index (κ1) is 26.7. The van der Waals surface area contributed by atoms with Crippen LogP contribution in [0.25, 0.3) is 0 Å². The fraction of sp³-hybridized carbons (Fsp3) is 0.481. The first-order valence-corrected chi connectivity index (χ1v) is 13.4. The zero-order chi connectivity index (χ0) is 27.2. The number of pyridine rings is 1. The number of hydrogen-bond donors (Lipinski definition) is 3. The summed E-state index contributed by atoms with van der Waals surface area (Å²) in [5, 5.41) is 6.34. The van der Waals surface area contributed by atoms with E-state index in [9.17, 15) is 14.4 Å². The number of piperidine rings is 1. The van der Waals surface area contributed by atoms with Gasteiger partial charge in [0.2, 0.25) is 0 Å². The number of ether oxygens (including phenoxy) is 2. The van der Waals surface area contributed by atoms with Crippen LogP contribution < -0.4 is 21.3 Å². The normalized spacial score (nSPS) is 19.9. The van der Waals surface area contributed by atoms with Gasteiger partial charge in [-0.3, -0.25) is 9.59 Å². The van der Waals surface area contributed by atoms with Crippen LogP contribution in [-0.4, -0.2) is 104 Å². The lowest BCUT2D eigenvalue weighted by atomic mass is 10.1. The zero-order valence-electron chi connectivity index (χ0n) is 21.9. The monoisotopic (exact) mass is 537 g/mol. The van der Waals surface area contributed by atoms with E-state index in [1.54, 1.807) is 46.2 Å². The van der Waals surface area contributed by atoms with E-state index in [1.165, 1.54) is 0 Å². The molecule has 3 aliphatic rings. The van der Waals surface area contributed by atoms with Crippen LogP contribution in [0.3, 0.4) is 0 Å². The number of morpholine rings is 2. The molecule has 3 fully saturated rings. The number of carbonyl (C=O) groups is 3. The van der Waals surface area contributed by atoms with Crippen molar-refractivity contribution in [2.45, 2.75) is 18.9 Å². The van der Waals surface area contributed by atoms with Crippen molar-refractivity contribution in [2.75, 3.05) is 75.9 Å². The molecular weight excluding hydrogens is 502 g/mol. The molecule has 2 aromatic rings. The molecule has 4 amide bonds. The van der Waals surface area contributed by atoms with Crippen LogP contribution in [0.4, 0.5) is 22.1 Å². The summed E-state index contributed by atoms with van der Waals surface area (Å²) in [6, 6.07) is 10.4. The van der Waals surface area contributed by atoms with Crippen LogP contribution in [0, 0.1) is 0 Å². The van der Waals surface area contributed by atoms with Crippen molar-refractivity contribution in [2.24, 2.45) is 5.73 Å². The Balaban J connectivity index is 1.26. The van der Waals surface area contributed by atoms with Crippen molar-refractivity contribution < 1.29 is 23.9 Å². The molecule has 1 atom stereocenters. The molecule has 0 spiro atoms. The van der Waals surface area contributed by atoms with E-state index in [-0.39, 0.29) is 23.5 Å². The molecule has 4 N–H and O–H groups in total. The molecule has 12 heteroatoms. The van der Waals surface area contributed by atoms with Crippen molar-refractivity contribution in [1.29, 1.82) is 0 Å². The van der Waals surface area contributed by atoms with Gasteiger partial charge < -0.3 is 40.5 Å². The lowest BCUT2D eigenvalue weighted by Gasteiger charge is -2.36. The first-order chi connectivity index (χ1) is 19.0. The number of amides is 4. The first-order valence-electron chi connectivity index (χ1n) is 13.4. The summed E-state index contributed by atoms with van der Waals surface area (Å²) >= 11 is 0. The summed E-state index contributed by atoms with van der Waals surface area (Å²) in [4.78, 5) is 48.0. The standard InChI is InChI=1S/C27H35N7O5/c28-24(35)22-7-8-23(34-9-1-2-21(18-34)30-27(37)33-12-16-39-17-13-33)31-25(22)29-20-5-3-19(4-6-20)26(36)32-10-14-38-15-11-32/h3-8,21H,1-2,9-18H2,(H2,28,35)(H,29,31)(H,30,37). The lowest BCUT2D eigenvalue weighted by Crippen LogP contribution is -2.53. The minimum Gasteiger partial charge on any atom is -0.378 e. The fourth-order valence-electron chi connectivity index (χ4n) is 5.04. The van der Waals surface area contributed by atoms with E-state index in [1.807, 2.05) is 0 Å². The fourth-order valence-corrected chi connectivity index (χ4v) is 5.04. The predicted molar refractivity (Wildman–Crippen MR) is 145 cm³/mol. The van der Waals surface area contributed by atoms with Crippen molar-refractivity contribution >= 4 is 35.2 Å². The Morgan fingerprint density at radius 3 is 2.21 bits per heavy atom. The second-order valence-electron chi connectivity index (χ2n) is 9.87. The molecule has 3 saturated heterocycles. The number of anilines is 3. The molecule has 1 unspecified atom stereocenters. The van der Waals surface area contributed by atoms with Gasteiger partial charge in [0, 0.05) is 56.6 Å². The molecule has 0 saturated carbocycles. The summed E-state index contributed by atoms with van der Waals surface area (Å²) in [5.41, 5.74) is 7.16. The van der Waals surface area contributed by atoms with E-state index in [2.05, 4.69) is 15.5 Å². The Labute approximate surface area is 227 Å². The molecule has 1 aromatic heterocycles. The molecule has 1 aromatic carbocycles. The van der Waals surface area contributed by atoms with Crippen LogP contribution in [0.2, 0.25) is 0 Å². The SMILES string of the molecule is NC(=O)c1ccc(N2CCCC(NC(=O)N3CCOCC3)C2)nc1Nc1ccc(C(=O)N2CCOCC2)cc1. The average Bonchev–Trinajstić information content (AvgIpc) is 2.98. The van der Waals surface area contributed by atoms with Gasteiger partial charge in [-0.1, -0.05) is 0 Å². The van der Waals surface area contributed by atoms with Crippen molar-refractivity contribution in [3.8, 4) is 0 Å². The Hall–Kier alpha value is -3.90. The average molecular weight is 538 g/mol. The number of nitrogens with one attached hydrogen (secondary N) is 2. The van der Waals surface area contributed by atoms with E-state index >= 15 is 0 Å². The van der Waals surface area contributed by atoms with Crippen LogP contribution in [-0.2, 0) is 9.47 Å². The van der Waals surface area contributed by atoms with Crippen LogP contribution in [0.15, 0.2) is 36.4 Å². The molecule has 0 aliphatic carbocycles. The van der Waals surface area contributed by atoms with E-state index < -0.39 is 5.91 Å². The van der Waals surface area contributed by atoms with Crippen molar-refractivity contribution in [1.82, 2.24) is 20.1 Å². The third-order valence-corrected chi connectivity index (χ3v) is 7.21. The maximum absolute atomic E-state index is 12.8. The van der Waals surface area contributed by atoms with E-state index in [4.69, 9.17) is 20.2 Å². The van der Waals surface area contributed by atoms with Gasteiger partial charge in [0.05, 0.1) is 32.0 Å². The molecule has 5 rings (SSSR count). The van der Waals surface area contributed by atoms with Crippen LogP contribution >= 0.6 is 0 Å². The summed E-state index contributed by atoms with van der Waals surface area (Å²) < 4.78 is 10.7. The van der Waals surface area contributed by atoms with Gasteiger partial charge in [-0.2, -0.15) is 0 Å². The topological polar surface area (TPSA) is 142 Å². The quantitative estimate of drug-likeness (QED) is 0.502. The number of rotatable bonds is 6. The minimum absolute atomic E-state index is 0.0142. The summed E-state index contributed by atoms with van der Waals surface area (Å²) in [6.07, 6.45) is 1.78. The van der Waals surface area contributed by atoms with E-state index in [0.717, 1.165) is 19.4 Å². The summed E-state index contributed by atoms with van der Waals surface area (Å²) in [7, 11) is 0. The van der Waals surface area contributed by atoms with Crippen LogP contribution in [0.5, 0.6) is 0 Å². The molecule has 4 heterocycles. The zero-order valence-corrected chi connectivity index (χ0v) is 21.9. The number of nitrogens with zero attached hydrogens (tertiary/aromatic N) is 4. The largest absolute Gasteiger partial charge is 0.378 e. The van der Waals surface area contributed by atoms with Gasteiger partial charge in [-0.05, 0) is 49.2 Å². The molecule has 39 heavy (non-hydrogen) atoms. The Bertz CT molecular complexity index is 1180. The number of nitrogens with two attached hydrogens (primary N) is 1. The van der Waals surface area contributed by atoms with Crippen molar-refractivity contribution in [3.63, 3.8) is 0 Å². The molecule has 0 radical (unpaired) electrons. The third-order valence-electron chi connectivity index (χ3n) is 7.21. The maximum Gasteiger partial charge on any atom is 0.317 e. The van der Waals surface area contributed by atoms with Crippen molar-refractivity contribution in [3.05, 3.63) is 47.5 Å². The Morgan fingerprint density at radius 1 is 0.872 bits per heavy atom. The number of primary amides is 1. The Kier molecular flexibility index (Phi) is 8.42. The number of aromatic nitrogens is 1. The Morgan fingerprint density at radius 2 is 1.54 bits per heavy atom. The van der Waals surface area contributed by atoms with Gasteiger partial charge in [0.1, 0.15) is 11.6 Å².